The van der Waals surface area contributed by atoms with Crippen molar-refractivity contribution in [1.29, 1.82) is 0 Å². The quantitative estimate of drug-likeness (QED) is 0.909. The smallest absolute Gasteiger partial charge is 0.289 e. The van der Waals surface area contributed by atoms with Crippen LogP contribution in [0.2, 0.25) is 0 Å². The Kier molecular flexibility index (Phi) is 3.44. The van der Waals surface area contributed by atoms with Crippen LogP contribution in [0.4, 0.5) is 0 Å². The molecular formula is C15H19N3O2. The van der Waals surface area contributed by atoms with Crippen molar-refractivity contribution in [2.24, 2.45) is 5.73 Å². The van der Waals surface area contributed by atoms with Crippen molar-refractivity contribution < 1.29 is 9.21 Å². The highest BCUT2D eigenvalue weighted by atomic mass is 16.3. The van der Waals surface area contributed by atoms with Gasteiger partial charge in [0.15, 0.2) is 11.3 Å². The molecule has 2 N–H and O–H groups in total. The highest BCUT2D eigenvalue weighted by Gasteiger charge is 2.28. The standard InChI is InChI=1S/C15H19N3O2/c1-10-5-6-13-12(17-10)8-14(20-13)15(19)18-7-3-2-4-11(18)9-16/h5-6,8,11H,2-4,7,9,16H2,1H3. The molecule has 0 aliphatic carbocycles. The molecule has 3 rings (SSSR count). The molecule has 1 fully saturated rings. The first kappa shape index (κ1) is 13.1. The van der Waals surface area contributed by atoms with Crippen LogP contribution in [-0.2, 0) is 0 Å². The van der Waals surface area contributed by atoms with E-state index in [9.17, 15) is 4.79 Å². The van der Waals surface area contributed by atoms with Gasteiger partial charge in [0.2, 0.25) is 0 Å². The Morgan fingerprint density at radius 2 is 2.35 bits per heavy atom. The topological polar surface area (TPSA) is 72.4 Å². The first-order valence-corrected chi connectivity index (χ1v) is 7.07. The molecule has 2 aromatic rings. The van der Waals surface area contributed by atoms with Crippen molar-refractivity contribution in [2.75, 3.05) is 13.1 Å². The van der Waals surface area contributed by atoms with Crippen molar-refractivity contribution in [3.8, 4) is 0 Å². The summed E-state index contributed by atoms with van der Waals surface area (Å²) in [5.41, 5.74) is 8.06. The zero-order valence-electron chi connectivity index (χ0n) is 11.6. The molecule has 0 spiro atoms. The van der Waals surface area contributed by atoms with Gasteiger partial charge in [0.25, 0.3) is 5.91 Å². The minimum Gasteiger partial charge on any atom is -0.449 e. The Hall–Kier alpha value is -1.88. The van der Waals surface area contributed by atoms with E-state index in [1.807, 2.05) is 24.0 Å². The zero-order valence-corrected chi connectivity index (χ0v) is 11.6. The van der Waals surface area contributed by atoms with Gasteiger partial charge in [0.05, 0.1) is 0 Å². The van der Waals surface area contributed by atoms with E-state index in [1.54, 1.807) is 6.07 Å². The van der Waals surface area contributed by atoms with Gasteiger partial charge in [-0.15, -0.1) is 0 Å². The summed E-state index contributed by atoms with van der Waals surface area (Å²) in [5.74, 6) is 0.286. The molecule has 0 saturated carbocycles. The van der Waals surface area contributed by atoms with Gasteiger partial charge in [-0.3, -0.25) is 4.79 Å². The molecule has 0 bridgehead atoms. The number of pyridine rings is 1. The highest BCUT2D eigenvalue weighted by molar-refractivity contribution is 5.95. The molecule has 3 heterocycles. The minimum absolute atomic E-state index is 0.0733. The number of rotatable bonds is 2. The Balaban J connectivity index is 1.91. The fourth-order valence-corrected chi connectivity index (χ4v) is 2.79. The normalized spacial score (nSPS) is 19.5. The maximum atomic E-state index is 12.6. The SMILES string of the molecule is Cc1ccc2oc(C(=O)N3CCCCC3CN)cc2n1. The molecule has 1 aliphatic rings. The van der Waals surface area contributed by atoms with Crippen molar-refractivity contribution in [3.05, 3.63) is 29.7 Å². The maximum Gasteiger partial charge on any atom is 0.289 e. The van der Waals surface area contributed by atoms with E-state index >= 15 is 0 Å². The summed E-state index contributed by atoms with van der Waals surface area (Å²) in [6.07, 6.45) is 3.13. The lowest BCUT2D eigenvalue weighted by Crippen LogP contribution is -2.47. The van der Waals surface area contributed by atoms with Crippen molar-refractivity contribution in [3.63, 3.8) is 0 Å². The van der Waals surface area contributed by atoms with E-state index in [2.05, 4.69) is 4.98 Å². The summed E-state index contributed by atoms with van der Waals surface area (Å²) >= 11 is 0. The van der Waals surface area contributed by atoms with Crippen LogP contribution in [0.5, 0.6) is 0 Å². The molecule has 2 aromatic heterocycles. The lowest BCUT2D eigenvalue weighted by molar-refractivity contribution is 0.0593. The van der Waals surface area contributed by atoms with E-state index in [4.69, 9.17) is 10.2 Å². The number of furan rings is 1. The summed E-state index contributed by atoms with van der Waals surface area (Å²) in [7, 11) is 0. The van der Waals surface area contributed by atoms with E-state index in [0.29, 0.717) is 17.9 Å². The number of fused-ring (bicyclic) bond motifs is 1. The summed E-state index contributed by atoms with van der Waals surface area (Å²) < 4.78 is 5.64. The Morgan fingerprint density at radius 3 is 3.15 bits per heavy atom. The number of hydrogen-bond donors (Lipinski definition) is 1. The van der Waals surface area contributed by atoms with Crippen LogP contribution in [0.1, 0.15) is 35.5 Å². The lowest BCUT2D eigenvalue weighted by atomic mass is 10.0. The monoisotopic (exact) mass is 273 g/mol. The average Bonchev–Trinajstić information content (AvgIpc) is 2.89. The van der Waals surface area contributed by atoms with Crippen LogP contribution < -0.4 is 5.73 Å². The number of likely N-dealkylation sites (tertiary alicyclic amines) is 1. The van der Waals surface area contributed by atoms with Crippen molar-refractivity contribution in [1.82, 2.24) is 9.88 Å². The predicted octanol–water partition coefficient (Wildman–Crippen LogP) is 2.09. The van der Waals surface area contributed by atoms with Crippen LogP contribution in [0, 0.1) is 6.92 Å². The molecule has 0 radical (unpaired) electrons. The number of hydrogen-bond acceptors (Lipinski definition) is 4. The highest BCUT2D eigenvalue weighted by Crippen LogP contribution is 2.23. The fraction of sp³-hybridized carbons (Fsp3) is 0.467. The predicted molar refractivity (Wildman–Crippen MR) is 76.5 cm³/mol. The molecule has 1 saturated heterocycles. The van der Waals surface area contributed by atoms with Gasteiger partial charge in [-0.2, -0.15) is 0 Å². The van der Waals surface area contributed by atoms with Crippen LogP contribution in [0.25, 0.3) is 11.1 Å². The summed E-state index contributed by atoms with van der Waals surface area (Å²) in [4.78, 5) is 18.8. The van der Waals surface area contributed by atoms with Crippen molar-refractivity contribution in [2.45, 2.75) is 32.2 Å². The molecule has 5 heteroatoms. The largest absolute Gasteiger partial charge is 0.449 e. The number of nitrogens with two attached hydrogens (primary N) is 1. The molecular weight excluding hydrogens is 254 g/mol. The molecule has 106 valence electrons. The Bertz CT molecular complexity index is 635. The molecule has 1 amide bonds. The van der Waals surface area contributed by atoms with E-state index in [-0.39, 0.29) is 11.9 Å². The third kappa shape index (κ3) is 2.29. The second kappa shape index (κ2) is 5.25. The molecule has 5 nitrogen and oxygen atoms in total. The van der Waals surface area contributed by atoms with Crippen LogP contribution in [0.15, 0.2) is 22.6 Å². The first-order chi connectivity index (χ1) is 9.69. The number of nitrogens with zero attached hydrogens (tertiary/aromatic N) is 2. The zero-order chi connectivity index (χ0) is 14.1. The van der Waals surface area contributed by atoms with Gasteiger partial charge in [-0.1, -0.05) is 0 Å². The molecule has 0 aromatic carbocycles. The third-order valence-electron chi connectivity index (χ3n) is 3.88. The van der Waals surface area contributed by atoms with Gasteiger partial charge in [-0.05, 0) is 38.3 Å². The maximum absolute atomic E-state index is 12.6. The number of aryl methyl sites for hydroxylation is 1. The van der Waals surface area contributed by atoms with Crippen LogP contribution in [-0.4, -0.2) is 34.9 Å². The van der Waals surface area contributed by atoms with E-state index in [0.717, 1.165) is 37.0 Å². The molecule has 1 atom stereocenters. The molecule has 20 heavy (non-hydrogen) atoms. The third-order valence-corrected chi connectivity index (χ3v) is 3.88. The number of piperidine rings is 1. The van der Waals surface area contributed by atoms with Gasteiger partial charge in [0.1, 0.15) is 5.52 Å². The van der Waals surface area contributed by atoms with Gasteiger partial charge in [-0.25, -0.2) is 4.98 Å². The summed E-state index contributed by atoms with van der Waals surface area (Å²) in [5, 5.41) is 0. The summed E-state index contributed by atoms with van der Waals surface area (Å²) in [6, 6.07) is 5.58. The summed E-state index contributed by atoms with van der Waals surface area (Å²) in [6.45, 7) is 3.18. The van der Waals surface area contributed by atoms with Gasteiger partial charge >= 0.3 is 0 Å². The Labute approximate surface area is 117 Å². The van der Waals surface area contributed by atoms with Crippen LogP contribution in [0.3, 0.4) is 0 Å². The van der Waals surface area contributed by atoms with E-state index < -0.39 is 0 Å². The number of carbonyl (C=O) groups is 1. The van der Waals surface area contributed by atoms with Gasteiger partial charge < -0.3 is 15.1 Å². The average molecular weight is 273 g/mol. The second-order valence-electron chi connectivity index (χ2n) is 5.33. The van der Waals surface area contributed by atoms with E-state index in [1.165, 1.54) is 0 Å². The second-order valence-corrected chi connectivity index (χ2v) is 5.33. The Morgan fingerprint density at radius 1 is 1.50 bits per heavy atom. The molecule has 1 unspecified atom stereocenters. The minimum atomic E-state index is -0.0733. The van der Waals surface area contributed by atoms with Crippen LogP contribution >= 0.6 is 0 Å². The number of aromatic nitrogens is 1. The first-order valence-electron chi connectivity index (χ1n) is 7.07. The fourth-order valence-electron chi connectivity index (χ4n) is 2.79. The number of carbonyl (C=O) groups excluding carboxylic acids is 1. The lowest BCUT2D eigenvalue weighted by Gasteiger charge is -2.34. The molecule has 1 aliphatic heterocycles. The van der Waals surface area contributed by atoms with Gasteiger partial charge in [0, 0.05) is 30.9 Å². The van der Waals surface area contributed by atoms with Crippen molar-refractivity contribution >= 4 is 17.0 Å². The number of amides is 1.